The van der Waals surface area contributed by atoms with Crippen molar-refractivity contribution in [3.8, 4) is 0 Å². The molecule has 0 fully saturated rings. The number of nitrogens with zero attached hydrogens (tertiary/aromatic N) is 2. The van der Waals surface area contributed by atoms with Gasteiger partial charge in [0, 0.05) is 6.04 Å². The van der Waals surface area contributed by atoms with Crippen molar-refractivity contribution in [1.82, 2.24) is 10.2 Å². The Kier molecular flexibility index (Phi) is 2.97. The third kappa shape index (κ3) is 2.51. The molecule has 6 nitrogen and oxygen atoms in total. The maximum absolute atomic E-state index is 10.4. The molecule has 0 aromatic carbocycles. The third-order valence-corrected chi connectivity index (χ3v) is 1.74. The average molecular weight is 184 g/mol. The van der Waals surface area contributed by atoms with Crippen LogP contribution in [0.2, 0.25) is 0 Å². The van der Waals surface area contributed by atoms with E-state index in [1.54, 1.807) is 0 Å². The highest BCUT2D eigenvalue weighted by Gasteiger charge is 2.15. The number of rotatable bonds is 4. The van der Waals surface area contributed by atoms with Gasteiger partial charge < -0.3 is 5.73 Å². The largest absolute Gasteiger partial charge is 0.328 e. The van der Waals surface area contributed by atoms with E-state index in [2.05, 4.69) is 10.2 Å². The Balaban J connectivity index is 2.65. The molecule has 1 aromatic rings. The van der Waals surface area contributed by atoms with Crippen LogP contribution in [0, 0.1) is 10.1 Å². The number of nitrogens with two attached hydrogens (primary N) is 1. The summed E-state index contributed by atoms with van der Waals surface area (Å²) in [6, 6.07) is 0.0444. The van der Waals surface area contributed by atoms with Gasteiger partial charge in [0.15, 0.2) is 0 Å². The van der Waals surface area contributed by atoms with Crippen molar-refractivity contribution in [1.29, 1.82) is 0 Å². The summed E-state index contributed by atoms with van der Waals surface area (Å²) >= 11 is 0. The predicted octanol–water partition coefficient (Wildman–Crippen LogP) is 0.598. The highest BCUT2D eigenvalue weighted by Crippen LogP contribution is 2.16. The number of nitro groups is 1. The highest BCUT2D eigenvalue weighted by atomic mass is 16.6. The van der Waals surface area contributed by atoms with Gasteiger partial charge in [0.25, 0.3) is 0 Å². The van der Waals surface area contributed by atoms with Crippen LogP contribution in [0.3, 0.4) is 0 Å². The smallest absolute Gasteiger partial charge is 0.309 e. The van der Waals surface area contributed by atoms with E-state index in [1.807, 2.05) is 6.92 Å². The van der Waals surface area contributed by atoms with E-state index in [9.17, 15) is 10.1 Å². The SMILES string of the molecule is C[C@H](N)CCc1[nH]ncc1[N+](=O)[O-]. The van der Waals surface area contributed by atoms with E-state index in [0.29, 0.717) is 18.5 Å². The van der Waals surface area contributed by atoms with Crippen LogP contribution in [0.15, 0.2) is 6.20 Å². The zero-order valence-corrected chi connectivity index (χ0v) is 7.36. The van der Waals surface area contributed by atoms with Gasteiger partial charge in [-0.2, -0.15) is 5.10 Å². The second kappa shape index (κ2) is 3.99. The monoisotopic (exact) mass is 184 g/mol. The number of nitrogens with one attached hydrogen (secondary N) is 1. The Morgan fingerprint density at radius 2 is 2.54 bits per heavy atom. The summed E-state index contributed by atoms with van der Waals surface area (Å²) in [5, 5.41) is 16.7. The number of aromatic amines is 1. The lowest BCUT2D eigenvalue weighted by atomic mass is 10.1. The van der Waals surface area contributed by atoms with Crippen molar-refractivity contribution in [2.45, 2.75) is 25.8 Å². The molecule has 3 N–H and O–H groups in total. The molecule has 0 unspecified atom stereocenters. The van der Waals surface area contributed by atoms with Crippen LogP contribution in [-0.4, -0.2) is 21.2 Å². The van der Waals surface area contributed by atoms with Gasteiger partial charge in [-0.15, -0.1) is 0 Å². The molecule has 0 bridgehead atoms. The second-order valence-electron chi connectivity index (χ2n) is 3.01. The number of H-pyrrole nitrogens is 1. The van der Waals surface area contributed by atoms with Crippen LogP contribution < -0.4 is 5.73 Å². The first-order valence-electron chi connectivity index (χ1n) is 4.03. The summed E-state index contributed by atoms with van der Waals surface area (Å²) in [6.07, 6.45) is 2.49. The summed E-state index contributed by atoms with van der Waals surface area (Å²) in [7, 11) is 0. The molecule has 1 rings (SSSR count). The molecular weight excluding hydrogens is 172 g/mol. The second-order valence-corrected chi connectivity index (χ2v) is 3.01. The molecule has 1 aromatic heterocycles. The van der Waals surface area contributed by atoms with Crippen molar-refractivity contribution >= 4 is 5.69 Å². The van der Waals surface area contributed by atoms with Gasteiger partial charge in [-0.1, -0.05) is 0 Å². The van der Waals surface area contributed by atoms with E-state index < -0.39 is 4.92 Å². The first kappa shape index (κ1) is 9.66. The molecule has 6 heteroatoms. The fourth-order valence-corrected chi connectivity index (χ4v) is 1.02. The Morgan fingerprint density at radius 1 is 1.85 bits per heavy atom. The minimum absolute atomic E-state index is 0.0423. The molecule has 1 heterocycles. The van der Waals surface area contributed by atoms with Crippen LogP contribution in [0.1, 0.15) is 19.0 Å². The van der Waals surface area contributed by atoms with Crippen molar-refractivity contribution in [3.63, 3.8) is 0 Å². The maximum Gasteiger partial charge on any atom is 0.309 e. The highest BCUT2D eigenvalue weighted by molar-refractivity contribution is 5.31. The summed E-state index contributed by atoms with van der Waals surface area (Å²) in [6.45, 7) is 1.86. The van der Waals surface area contributed by atoms with Crippen molar-refractivity contribution in [2.24, 2.45) is 5.73 Å². The van der Waals surface area contributed by atoms with Gasteiger partial charge in [0.1, 0.15) is 11.9 Å². The minimum atomic E-state index is -0.444. The van der Waals surface area contributed by atoms with Crippen LogP contribution in [0.5, 0.6) is 0 Å². The van der Waals surface area contributed by atoms with Gasteiger partial charge in [-0.3, -0.25) is 15.2 Å². The molecular formula is C7H12N4O2. The number of hydrogen-bond donors (Lipinski definition) is 2. The molecule has 0 aliphatic rings. The summed E-state index contributed by atoms with van der Waals surface area (Å²) in [5.74, 6) is 0. The number of aryl methyl sites for hydroxylation is 1. The normalized spacial score (nSPS) is 12.8. The fourth-order valence-electron chi connectivity index (χ4n) is 1.02. The molecule has 72 valence electrons. The average Bonchev–Trinajstić information content (AvgIpc) is 2.47. The molecule has 1 atom stereocenters. The summed E-state index contributed by atoms with van der Waals surface area (Å²) < 4.78 is 0. The van der Waals surface area contributed by atoms with Crippen LogP contribution in [0.25, 0.3) is 0 Å². The van der Waals surface area contributed by atoms with Gasteiger partial charge in [0.05, 0.1) is 4.92 Å². The Labute approximate surface area is 75.3 Å². The summed E-state index contributed by atoms with van der Waals surface area (Å²) in [5.41, 5.74) is 6.12. The lowest BCUT2D eigenvalue weighted by Gasteiger charge is -2.01. The Bertz CT molecular complexity index is 294. The number of hydrogen-bond acceptors (Lipinski definition) is 4. The van der Waals surface area contributed by atoms with E-state index in [1.165, 1.54) is 6.20 Å². The van der Waals surface area contributed by atoms with Crippen molar-refractivity contribution < 1.29 is 4.92 Å². The lowest BCUT2D eigenvalue weighted by Crippen LogP contribution is -2.15. The van der Waals surface area contributed by atoms with E-state index in [4.69, 9.17) is 5.73 Å². The van der Waals surface area contributed by atoms with Gasteiger partial charge >= 0.3 is 5.69 Å². The molecule has 0 spiro atoms. The third-order valence-electron chi connectivity index (χ3n) is 1.74. The zero-order chi connectivity index (χ0) is 9.84. The lowest BCUT2D eigenvalue weighted by molar-refractivity contribution is -0.385. The van der Waals surface area contributed by atoms with E-state index in [0.717, 1.165) is 0 Å². The van der Waals surface area contributed by atoms with Gasteiger partial charge in [0.2, 0.25) is 0 Å². The Hall–Kier alpha value is -1.43. The van der Waals surface area contributed by atoms with Gasteiger partial charge in [-0.05, 0) is 19.8 Å². The molecule has 0 aliphatic heterocycles. The fraction of sp³-hybridized carbons (Fsp3) is 0.571. The van der Waals surface area contributed by atoms with Crippen molar-refractivity contribution in [3.05, 3.63) is 22.0 Å². The van der Waals surface area contributed by atoms with Crippen LogP contribution in [0.4, 0.5) is 5.69 Å². The first-order chi connectivity index (χ1) is 6.11. The maximum atomic E-state index is 10.4. The van der Waals surface area contributed by atoms with E-state index in [-0.39, 0.29) is 11.7 Å². The quantitative estimate of drug-likeness (QED) is 0.528. The minimum Gasteiger partial charge on any atom is -0.328 e. The molecule has 0 amide bonds. The Morgan fingerprint density at radius 3 is 3.08 bits per heavy atom. The zero-order valence-electron chi connectivity index (χ0n) is 7.36. The van der Waals surface area contributed by atoms with E-state index >= 15 is 0 Å². The molecule has 0 saturated carbocycles. The van der Waals surface area contributed by atoms with Crippen LogP contribution >= 0.6 is 0 Å². The first-order valence-corrected chi connectivity index (χ1v) is 4.03. The summed E-state index contributed by atoms with van der Waals surface area (Å²) in [4.78, 5) is 10.00. The molecule has 0 aliphatic carbocycles. The van der Waals surface area contributed by atoms with Crippen LogP contribution in [-0.2, 0) is 6.42 Å². The standard InChI is InChI=1S/C7H12N4O2/c1-5(8)2-3-6-7(11(12)13)4-9-10-6/h4-5H,2-3,8H2,1H3,(H,9,10)/t5-/m0/s1. The van der Waals surface area contributed by atoms with Crippen molar-refractivity contribution in [2.75, 3.05) is 0 Å². The topological polar surface area (TPSA) is 97.8 Å². The molecule has 0 radical (unpaired) electrons. The molecule has 0 saturated heterocycles. The molecule has 13 heavy (non-hydrogen) atoms. The van der Waals surface area contributed by atoms with Gasteiger partial charge in [-0.25, -0.2) is 0 Å². The number of aromatic nitrogens is 2. The predicted molar refractivity (Wildman–Crippen MR) is 47.2 cm³/mol.